The SMILES string of the molecule is C=CCn1c(COc2ccc(OC)cc2)nnc1SCC(=O)Nc1ccc(OC)cc1. The molecule has 1 N–H and O–H groups in total. The second-order valence-corrected chi connectivity index (χ2v) is 7.27. The van der Waals surface area contributed by atoms with Gasteiger partial charge in [0.2, 0.25) is 5.91 Å². The average Bonchev–Trinajstić information content (AvgIpc) is 3.19. The van der Waals surface area contributed by atoms with Crippen molar-refractivity contribution in [2.45, 2.75) is 18.3 Å². The monoisotopic (exact) mass is 440 g/mol. The molecular weight excluding hydrogens is 416 g/mol. The van der Waals surface area contributed by atoms with Crippen LogP contribution in [0.5, 0.6) is 17.2 Å². The number of nitrogens with zero attached hydrogens (tertiary/aromatic N) is 3. The molecule has 0 aliphatic carbocycles. The van der Waals surface area contributed by atoms with Gasteiger partial charge in [0.05, 0.1) is 20.0 Å². The molecule has 0 atom stereocenters. The highest BCUT2D eigenvalue weighted by atomic mass is 32.2. The fourth-order valence-electron chi connectivity index (χ4n) is 2.67. The highest BCUT2D eigenvalue weighted by Gasteiger charge is 2.14. The molecule has 0 bridgehead atoms. The summed E-state index contributed by atoms with van der Waals surface area (Å²) < 4.78 is 17.9. The number of anilines is 1. The first kappa shape index (κ1) is 22.2. The van der Waals surface area contributed by atoms with Crippen molar-refractivity contribution in [2.75, 3.05) is 25.3 Å². The van der Waals surface area contributed by atoms with Gasteiger partial charge in [0.15, 0.2) is 11.0 Å². The number of rotatable bonds is 11. The Hall–Kier alpha value is -3.46. The fraction of sp³-hybridized carbons (Fsp3) is 0.227. The summed E-state index contributed by atoms with van der Waals surface area (Å²) in [5.74, 6) is 2.89. The normalized spacial score (nSPS) is 10.4. The molecule has 8 nitrogen and oxygen atoms in total. The minimum Gasteiger partial charge on any atom is -0.497 e. The van der Waals surface area contributed by atoms with Crippen molar-refractivity contribution in [3.8, 4) is 17.2 Å². The minimum absolute atomic E-state index is 0.139. The Kier molecular flexibility index (Phi) is 7.94. The van der Waals surface area contributed by atoms with Gasteiger partial charge in [-0.3, -0.25) is 9.36 Å². The molecule has 3 rings (SSSR count). The van der Waals surface area contributed by atoms with Crippen molar-refractivity contribution in [3.63, 3.8) is 0 Å². The molecule has 31 heavy (non-hydrogen) atoms. The summed E-state index contributed by atoms with van der Waals surface area (Å²) in [7, 11) is 3.21. The Bertz CT molecular complexity index is 1000. The lowest BCUT2D eigenvalue weighted by Gasteiger charge is -2.10. The van der Waals surface area contributed by atoms with Gasteiger partial charge in [0, 0.05) is 12.2 Å². The van der Waals surface area contributed by atoms with E-state index in [1.54, 1.807) is 44.6 Å². The lowest BCUT2D eigenvalue weighted by atomic mass is 10.3. The van der Waals surface area contributed by atoms with Crippen LogP contribution in [0.3, 0.4) is 0 Å². The first-order valence-corrected chi connectivity index (χ1v) is 10.5. The quantitative estimate of drug-likeness (QED) is 0.358. The predicted molar refractivity (Wildman–Crippen MR) is 120 cm³/mol. The van der Waals surface area contributed by atoms with Gasteiger partial charge in [-0.2, -0.15) is 0 Å². The van der Waals surface area contributed by atoms with E-state index < -0.39 is 0 Å². The Morgan fingerprint density at radius 2 is 1.65 bits per heavy atom. The standard InChI is InChI=1S/C22H24N4O4S/c1-4-13-26-20(14-30-19-11-9-18(29-3)10-12-19)24-25-22(26)31-15-21(27)23-16-5-7-17(28-2)8-6-16/h4-12H,1,13-15H2,2-3H3,(H,23,27). The van der Waals surface area contributed by atoms with Gasteiger partial charge < -0.3 is 19.5 Å². The predicted octanol–water partition coefficient (Wildman–Crippen LogP) is 3.79. The molecule has 0 unspecified atom stereocenters. The van der Waals surface area contributed by atoms with E-state index in [4.69, 9.17) is 14.2 Å². The summed E-state index contributed by atoms with van der Waals surface area (Å²) in [6.45, 7) is 4.54. The van der Waals surface area contributed by atoms with E-state index in [1.807, 2.05) is 28.8 Å². The number of amides is 1. The highest BCUT2D eigenvalue weighted by molar-refractivity contribution is 7.99. The van der Waals surface area contributed by atoms with Gasteiger partial charge in [-0.15, -0.1) is 16.8 Å². The summed E-state index contributed by atoms with van der Waals surface area (Å²) >= 11 is 1.30. The van der Waals surface area contributed by atoms with Crippen LogP contribution in [0.2, 0.25) is 0 Å². The van der Waals surface area contributed by atoms with Crippen LogP contribution in [-0.2, 0) is 17.9 Å². The van der Waals surface area contributed by atoms with Crippen molar-refractivity contribution in [3.05, 3.63) is 67.0 Å². The second-order valence-electron chi connectivity index (χ2n) is 6.33. The summed E-state index contributed by atoms with van der Waals surface area (Å²) in [4.78, 5) is 12.3. The van der Waals surface area contributed by atoms with E-state index in [1.165, 1.54) is 11.8 Å². The zero-order valence-electron chi connectivity index (χ0n) is 17.4. The Morgan fingerprint density at radius 3 is 2.26 bits per heavy atom. The van der Waals surface area contributed by atoms with E-state index >= 15 is 0 Å². The molecule has 0 radical (unpaired) electrons. The summed E-state index contributed by atoms with van der Waals surface area (Å²) in [5, 5.41) is 11.9. The van der Waals surface area contributed by atoms with Crippen molar-refractivity contribution >= 4 is 23.4 Å². The average molecular weight is 441 g/mol. The van der Waals surface area contributed by atoms with Crippen LogP contribution in [0.15, 0.2) is 66.3 Å². The molecule has 9 heteroatoms. The molecule has 0 saturated heterocycles. The van der Waals surface area contributed by atoms with Gasteiger partial charge in [0.25, 0.3) is 0 Å². The third-order valence-corrected chi connectivity index (χ3v) is 5.21. The molecule has 1 aromatic heterocycles. The van der Waals surface area contributed by atoms with Crippen molar-refractivity contribution in [1.29, 1.82) is 0 Å². The molecule has 1 heterocycles. The topological polar surface area (TPSA) is 87.5 Å². The third kappa shape index (κ3) is 6.26. The van der Waals surface area contributed by atoms with Crippen LogP contribution in [0, 0.1) is 0 Å². The molecule has 2 aromatic carbocycles. The largest absolute Gasteiger partial charge is 0.497 e. The molecule has 162 valence electrons. The van der Waals surface area contributed by atoms with Gasteiger partial charge >= 0.3 is 0 Å². The maximum atomic E-state index is 12.3. The smallest absolute Gasteiger partial charge is 0.234 e. The summed E-state index contributed by atoms with van der Waals surface area (Å²) in [5.41, 5.74) is 0.701. The van der Waals surface area contributed by atoms with Crippen molar-refractivity contribution < 1.29 is 19.0 Å². The Labute approximate surface area is 185 Å². The fourth-order valence-corrected chi connectivity index (χ4v) is 3.43. The first-order valence-electron chi connectivity index (χ1n) is 9.49. The summed E-state index contributed by atoms with van der Waals surface area (Å²) in [6, 6.07) is 14.5. The second kappa shape index (κ2) is 11.1. The molecule has 0 aliphatic rings. The molecule has 3 aromatic rings. The van der Waals surface area contributed by atoms with Crippen LogP contribution < -0.4 is 19.5 Å². The number of carbonyl (C=O) groups excluding carboxylic acids is 1. The van der Waals surface area contributed by atoms with E-state index in [0.717, 1.165) is 11.5 Å². The maximum Gasteiger partial charge on any atom is 0.234 e. The van der Waals surface area contributed by atoms with Crippen molar-refractivity contribution in [2.24, 2.45) is 0 Å². The zero-order valence-corrected chi connectivity index (χ0v) is 18.2. The number of benzene rings is 2. The number of hydrogen-bond donors (Lipinski definition) is 1. The third-order valence-electron chi connectivity index (χ3n) is 4.24. The molecular formula is C22H24N4O4S. The molecule has 0 spiro atoms. The van der Waals surface area contributed by atoms with Crippen LogP contribution in [-0.4, -0.2) is 40.6 Å². The van der Waals surface area contributed by atoms with Gasteiger partial charge in [-0.1, -0.05) is 17.8 Å². The zero-order chi connectivity index (χ0) is 22.1. The van der Waals surface area contributed by atoms with E-state index in [9.17, 15) is 4.79 Å². The first-order chi connectivity index (χ1) is 15.1. The number of aromatic nitrogens is 3. The van der Waals surface area contributed by atoms with Crippen LogP contribution in [0.1, 0.15) is 5.82 Å². The van der Waals surface area contributed by atoms with E-state index in [2.05, 4.69) is 22.1 Å². The van der Waals surface area contributed by atoms with Crippen molar-refractivity contribution in [1.82, 2.24) is 14.8 Å². The summed E-state index contributed by atoms with van der Waals surface area (Å²) in [6.07, 6.45) is 1.75. The number of allylic oxidation sites excluding steroid dienone is 1. The van der Waals surface area contributed by atoms with Crippen LogP contribution in [0.25, 0.3) is 0 Å². The number of thioether (sulfide) groups is 1. The number of ether oxygens (including phenoxy) is 3. The van der Waals surface area contributed by atoms with E-state index in [-0.39, 0.29) is 18.3 Å². The molecule has 0 saturated carbocycles. The number of nitrogens with one attached hydrogen (secondary N) is 1. The molecule has 0 aliphatic heterocycles. The number of hydrogen-bond acceptors (Lipinski definition) is 7. The van der Waals surface area contributed by atoms with E-state index in [0.29, 0.717) is 29.0 Å². The lowest BCUT2D eigenvalue weighted by Crippen LogP contribution is -2.15. The van der Waals surface area contributed by atoms with Crippen LogP contribution >= 0.6 is 11.8 Å². The maximum absolute atomic E-state index is 12.3. The van der Waals surface area contributed by atoms with Gasteiger partial charge in [0.1, 0.15) is 23.9 Å². The van der Waals surface area contributed by atoms with Gasteiger partial charge in [-0.25, -0.2) is 0 Å². The molecule has 1 amide bonds. The lowest BCUT2D eigenvalue weighted by molar-refractivity contribution is -0.113. The van der Waals surface area contributed by atoms with Gasteiger partial charge in [-0.05, 0) is 48.5 Å². The highest BCUT2D eigenvalue weighted by Crippen LogP contribution is 2.21. The number of carbonyl (C=O) groups is 1. The van der Waals surface area contributed by atoms with Crippen LogP contribution in [0.4, 0.5) is 5.69 Å². The minimum atomic E-state index is -0.139. The number of methoxy groups -OCH3 is 2. The Morgan fingerprint density at radius 1 is 1.03 bits per heavy atom. The molecule has 0 fully saturated rings. The Balaban J connectivity index is 1.58.